The van der Waals surface area contributed by atoms with Gasteiger partial charge in [-0.05, 0) is 59.7 Å². The number of para-hydroxylation sites is 2. The number of hydrogen-bond acceptors (Lipinski definition) is 4. The summed E-state index contributed by atoms with van der Waals surface area (Å²) in [5.74, 6) is 0.976. The van der Waals surface area contributed by atoms with E-state index in [0.29, 0.717) is 16.8 Å². The summed E-state index contributed by atoms with van der Waals surface area (Å²) in [6.45, 7) is 0. The van der Waals surface area contributed by atoms with Gasteiger partial charge in [0.25, 0.3) is 0 Å². The fraction of sp³-hybridized carbons (Fsp3) is 0.0714. The molecule has 0 radical (unpaired) electrons. The Labute approximate surface area is 195 Å². The van der Waals surface area contributed by atoms with Gasteiger partial charge < -0.3 is 13.9 Å². The van der Waals surface area contributed by atoms with Crippen LogP contribution in [0.3, 0.4) is 0 Å². The Hall–Kier alpha value is -3.75. The van der Waals surface area contributed by atoms with E-state index in [9.17, 15) is 4.57 Å². The second-order valence-electron chi connectivity index (χ2n) is 7.72. The van der Waals surface area contributed by atoms with E-state index in [-0.39, 0.29) is 0 Å². The zero-order valence-corrected chi connectivity index (χ0v) is 19.6. The second kappa shape index (κ2) is 10.2. The zero-order chi connectivity index (χ0) is 23.1. The highest BCUT2D eigenvalue weighted by atomic mass is 31.2. The molecule has 0 unspecified atom stereocenters. The molecule has 33 heavy (non-hydrogen) atoms. The van der Waals surface area contributed by atoms with Gasteiger partial charge in [0.15, 0.2) is 0 Å². The van der Waals surface area contributed by atoms with Crippen molar-refractivity contribution in [1.29, 1.82) is 0 Å². The molecular weight excluding hydrogens is 429 g/mol. The van der Waals surface area contributed by atoms with E-state index in [4.69, 9.17) is 9.05 Å². The first-order valence-electron chi connectivity index (χ1n) is 10.7. The molecule has 0 bridgehead atoms. The molecule has 4 aromatic rings. The van der Waals surface area contributed by atoms with Crippen molar-refractivity contribution in [3.05, 3.63) is 120 Å². The number of anilines is 1. The lowest BCUT2D eigenvalue weighted by atomic mass is 10.1. The van der Waals surface area contributed by atoms with Crippen LogP contribution in [0.5, 0.6) is 11.5 Å². The minimum Gasteiger partial charge on any atom is -0.413 e. The van der Waals surface area contributed by atoms with Crippen LogP contribution in [0.1, 0.15) is 11.1 Å². The van der Waals surface area contributed by atoms with Crippen molar-refractivity contribution in [2.75, 3.05) is 19.0 Å². The molecule has 4 aromatic carbocycles. The van der Waals surface area contributed by atoms with E-state index in [1.54, 1.807) is 36.4 Å². The Morgan fingerprint density at radius 2 is 1.03 bits per heavy atom. The summed E-state index contributed by atoms with van der Waals surface area (Å²) >= 11 is 0. The van der Waals surface area contributed by atoms with Crippen LogP contribution in [0.15, 0.2) is 109 Å². The molecule has 0 heterocycles. The minimum absolute atomic E-state index is 0.488. The van der Waals surface area contributed by atoms with Crippen LogP contribution in [0.25, 0.3) is 12.2 Å². The number of hydrogen-bond donors (Lipinski definition) is 0. The van der Waals surface area contributed by atoms with E-state index in [2.05, 4.69) is 35.2 Å². The quantitative estimate of drug-likeness (QED) is 0.214. The predicted molar refractivity (Wildman–Crippen MR) is 138 cm³/mol. The molecule has 0 spiro atoms. The molecule has 0 aromatic heterocycles. The van der Waals surface area contributed by atoms with Crippen LogP contribution in [0, 0.1) is 0 Å². The molecule has 0 aliphatic carbocycles. The van der Waals surface area contributed by atoms with Gasteiger partial charge in [-0.2, -0.15) is 0 Å². The summed E-state index contributed by atoms with van der Waals surface area (Å²) in [5.41, 5.74) is 3.25. The van der Waals surface area contributed by atoms with Crippen LogP contribution in [0.4, 0.5) is 5.69 Å². The Morgan fingerprint density at radius 1 is 0.606 bits per heavy atom. The highest BCUT2D eigenvalue weighted by molar-refractivity contribution is 7.63. The molecule has 0 saturated carbocycles. The molecule has 0 fully saturated rings. The van der Waals surface area contributed by atoms with Gasteiger partial charge in [0, 0.05) is 19.8 Å². The lowest BCUT2D eigenvalue weighted by Crippen LogP contribution is -2.14. The van der Waals surface area contributed by atoms with Gasteiger partial charge in [0.05, 0.1) is 5.30 Å². The van der Waals surface area contributed by atoms with Crippen molar-refractivity contribution in [3.8, 4) is 11.5 Å². The average molecular weight is 455 g/mol. The zero-order valence-electron chi connectivity index (χ0n) is 18.7. The first kappa shape index (κ1) is 22.4. The van der Waals surface area contributed by atoms with Gasteiger partial charge in [-0.3, -0.25) is 0 Å². The van der Waals surface area contributed by atoms with Crippen LogP contribution >= 0.6 is 7.60 Å². The summed E-state index contributed by atoms with van der Waals surface area (Å²) < 4.78 is 25.7. The Kier molecular flexibility index (Phi) is 6.97. The van der Waals surface area contributed by atoms with Crippen LogP contribution < -0.4 is 19.3 Å². The van der Waals surface area contributed by atoms with Crippen molar-refractivity contribution >= 4 is 30.7 Å². The summed E-state index contributed by atoms with van der Waals surface area (Å²) in [6.07, 6.45) is 4.07. The average Bonchev–Trinajstić information content (AvgIpc) is 2.84. The van der Waals surface area contributed by atoms with E-state index >= 15 is 0 Å². The SMILES string of the molecule is CN(C)c1ccc(/C=C/c2ccc(P(=O)(Oc3ccccc3)Oc3ccccc3)cc2)cc1. The van der Waals surface area contributed by atoms with Crippen LogP contribution in [-0.2, 0) is 4.57 Å². The summed E-state index contributed by atoms with van der Waals surface area (Å²) in [5, 5.41) is 0.489. The third kappa shape index (κ3) is 5.94. The maximum Gasteiger partial charge on any atom is 0.462 e. The van der Waals surface area contributed by atoms with E-state index in [1.165, 1.54) is 0 Å². The fourth-order valence-corrected chi connectivity index (χ4v) is 4.77. The maximum atomic E-state index is 13.9. The number of nitrogens with zero attached hydrogens (tertiary/aromatic N) is 1. The number of rotatable bonds is 8. The topological polar surface area (TPSA) is 38.8 Å². The van der Waals surface area contributed by atoms with E-state index in [1.807, 2.05) is 68.7 Å². The molecule has 0 aliphatic heterocycles. The lowest BCUT2D eigenvalue weighted by Gasteiger charge is -2.20. The van der Waals surface area contributed by atoms with Gasteiger partial charge >= 0.3 is 7.60 Å². The molecule has 0 aliphatic rings. The molecule has 5 heteroatoms. The Morgan fingerprint density at radius 3 is 1.45 bits per heavy atom. The monoisotopic (exact) mass is 455 g/mol. The smallest absolute Gasteiger partial charge is 0.413 e. The standard InChI is InChI=1S/C28H26NO3P/c1-29(2)25-19-15-23(16-20-25)13-14-24-17-21-28(22-18-24)33(30,31-26-9-5-3-6-10-26)32-27-11-7-4-8-12-27/h3-22H,1-2H3/b14-13+. The fourth-order valence-electron chi connectivity index (χ4n) is 3.21. The molecule has 4 nitrogen and oxygen atoms in total. The third-order valence-corrected chi connectivity index (χ3v) is 6.86. The van der Waals surface area contributed by atoms with Gasteiger partial charge in [-0.1, -0.05) is 72.8 Å². The first-order chi connectivity index (χ1) is 16.0. The van der Waals surface area contributed by atoms with Crippen molar-refractivity contribution in [1.82, 2.24) is 0 Å². The Bertz CT molecular complexity index is 1190. The molecular formula is C28H26NO3P. The largest absolute Gasteiger partial charge is 0.462 e. The van der Waals surface area contributed by atoms with Gasteiger partial charge in [0.1, 0.15) is 11.5 Å². The number of benzene rings is 4. The van der Waals surface area contributed by atoms with Crippen molar-refractivity contribution in [2.45, 2.75) is 0 Å². The maximum absolute atomic E-state index is 13.9. The van der Waals surface area contributed by atoms with Gasteiger partial charge in [-0.15, -0.1) is 0 Å². The van der Waals surface area contributed by atoms with E-state index in [0.717, 1.165) is 16.8 Å². The highest BCUT2D eigenvalue weighted by Crippen LogP contribution is 2.47. The molecule has 0 N–H and O–H groups in total. The predicted octanol–water partition coefficient (Wildman–Crippen LogP) is 6.90. The van der Waals surface area contributed by atoms with Crippen LogP contribution in [-0.4, -0.2) is 14.1 Å². The van der Waals surface area contributed by atoms with Gasteiger partial charge in [-0.25, -0.2) is 4.57 Å². The molecule has 0 saturated heterocycles. The molecule has 0 atom stereocenters. The third-order valence-electron chi connectivity index (χ3n) is 5.02. The summed E-state index contributed by atoms with van der Waals surface area (Å²) in [6, 6.07) is 33.9. The lowest BCUT2D eigenvalue weighted by molar-refractivity contribution is 0.399. The highest BCUT2D eigenvalue weighted by Gasteiger charge is 2.31. The summed E-state index contributed by atoms with van der Waals surface area (Å²) in [7, 11) is 0.388. The van der Waals surface area contributed by atoms with Crippen molar-refractivity contribution in [2.24, 2.45) is 0 Å². The van der Waals surface area contributed by atoms with Gasteiger partial charge in [0.2, 0.25) is 0 Å². The second-order valence-corrected chi connectivity index (χ2v) is 9.59. The van der Waals surface area contributed by atoms with E-state index < -0.39 is 7.60 Å². The Balaban J connectivity index is 1.56. The first-order valence-corrected chi connectivity index (χ1v) is 12.2. The molecule has 166 valence electrons. The van der Waals surface area contributed by atoms with Crippen molar-refractivity contribution in [3.63, 3.8) is 0 Å². The molecule has 0 amide bonds. The minimum atomic E-state index is -3.66. The molecule has 4 rings (SSSR count). The normalized spacial score (nSPS) is 11.3. The van der Waals surface area contributed by atoms with Crippen LogP contribution in [0.2, 0.25) is 0 Å². The van der Waals surface area contributed by atoms with Crippen molar-refractivity contribution < 1.29 is 13.6 Å². The summed E-state index contributed by atoms with van der Waals surface area (Å²) in [4.78, 5) is 2.07.